The maximum Gasteiger partial charge on any atom is 0.193 e. The third-order valence-electron chi connectivity index (χ3n) is 2.50. The van der Waals surface area contributed by atoms with E-state index in [1.165, 1.54) is 11.1 Å². The molecular weight excluding hydrogens is 222 g/mol. The van der Waals surface area contributed by atoms with Crippen molar-refractivity contribution in [2.24, 2.45) is 5.73 Å². The summed E-state index contributed by atoms with van der Waals surface area (Å²) in [4.78, 5) is 0. The van der Waals surface area contributed by atoms with E-state index in [2.05, 4.69) is 32.0 Å². The summed E-state index contributed by atoms with van der Waals surface area (Å²) in [6.45, 7) is 4.11. The average Bonchev–Trinajstić information content (AvgIpc) is 2.62. The van der Waals surface area contributed by atoms with Crippen LogP contribution in [0.25, 0.3) is 0 Å². The van der Waals surface area contributed by atoms with Crippen LogP contribution in [0.15, 0.2) is 34.7 Å². The molecule has 0 radical (unpaired) electrons. The first kappa shape index (κ1) is 11.2. The van der Waals surface area contributed by atoms with Crippen molar-refractivity contribution in [3.05, 3.63) is 58.0 Å². The number of hydrogen-bond acceptors (Lipinski definition) is 2. The van der Waals surface area contributed by atoms with Crippen LogP contribution in [0.2, 0.25) is 5.22 Å². The Kier molecular flexibility index (Phi) is 3.03. The van der Waals surface area contributed by atoms with Gasteiger partial charge in [-0.15, -0.1) is 0 Å². The van der Waals surface area contributed by atoms with Gasteiger partial charge in [0.2, 0.25) is 0 Å². The highest BCUT2D eigenvalue weighted by atomic mass is 35.5. The lowest BCUT2D eigenvalue weighted by atomic mass is 10.0. The van der Waals surface area contributed by atoms with Crippen molar-refractivity contribution < 1.29 is 4.42 Å². The molecule has 0 spiro atoms. The smallest absolute Gasteiger partial charge is 0.193 e. The van der Waals surface area contributed by atoms with Crippen LogP contribution in [0.1, 0.15) is 28.5 Å². The van der Waals surface area contributed by atoms with Gasteiger partial charge >= 0.3 is 0 Å². The highest BCUT2D eigenvalue weighted by Gasteiger charge is 2.13. The van der Waals surface area contributed by atoms with Crippen LogP contribution in [0.3, 0.4) is 0 Å². The summed E-state index contributed by atoms with van der Waals surface area (Å²) >= 11 is 5.73. The standard InChI is InChI=1S/C13H14ClNO/c1-8-5-9(2)7-10(6-8)13(15)11-3-4-12(14)16-11/h3-7,13H,15H2,1-2H3. The molecule has 84 valence electrons. The molecular formula is C13H14ClNO. The second kappa shape index (κ2) is 4.32. The van der Waals surface area contributed by atoms with Crippen LogP contribution < -0.4 is 5.73 Å². The number of halogens is 1. The van der Waals surface area contributed by atoms with E-state index >= 15 is 0 Å². The highest BCUT2D eigenvalue weighted by Crippen LogP contribution is 2.25. The van der Waals surface area contributed by atoms with Crippen LogP contribution in [-0.4, -0.2) is 0 Å². The molecule has 1 aromatic carbocycles. The van der Waals surface area contributed by atoms with Gasteiger partial charge in [0.25, 0.3) is 0 Å². The third-order valence-corrected chi connectivity index (χ3v) is 2.71. The van der Waals surface area contributed by atoms with E-state index in [4.69, 9.17) is 21.8 Å². The predicted molar refractivity (Wildman–Crippen MR) is 65.7 cm³/mol. The lowest BCUT2D eigenvalue weighted by Gasteiger charge is -2.11. The van der Waals surface area contributed by atoms with Crippen LogP contribution in [-0.2, 0) is 0 Å². The van der Waals surface area contributed by atoms with E-state index in [1.807, 2.05) is 6.07 Å². The van der Waals surface area contributed by atoms with Gasteiger partial charge in [0.15, 0.2) is 5.22 Å². The van der Waals surface area contributed by atoms with Gasteiger partial charge in [0, 0.05) is 0 Å². The fourth-order valence-corrected chi connectivity index (χ4v) is 2.00. The van der Waals surface area contributed by atoms with E-state index in [9.17, 15) is 0 Å². The normalized spacial score (nSPS) is 12.8. The molecule has 0 fully saturated rings. The molecule has 0 amide bonds. The van der Waals surface area contributed by atoms with Gasteiger partial charge in [0.1, 0.15) is 5.76 Å². The Morgan fingerprint density at radius 2 is 1.75 bits per heavy atom. The van der Waals surface area contributed by atoms with E-state index in [0.717, 1.165) is 5.56 Å². The summed E-state index contributed by atoms with van der Waals surface area (Å²) in [5, 5.41) is 0.370. The van der Waals surface area contributed by atoms with Crippen molar-refractivity contribution in [2.75, 3.05) is 0 Å². The summed E-state index contributed by atoms with van der Waals surface area (Å²) in [6, 6.07) is 9.50. The molecule has 0 aliphatic carbocycles. The number of hydrogen-bond donors (Lipinski definition) is 1. The van der Waals surface area contributed by atoms with Crippen molar-refractivity contribution in [2.45, 2.75) is 19.9 Å². The first-order valence-corrected chi connectivity index (χ1v) is 5.53. The van der Waals surface area contributed by atoms with Crippen molar-refractivity contribution in [1.29, 1.82) is 0 Å². The summed E-state index contributed by atoms with van der Waals surface area (Å²) in [7, 11) is 0. The Labute approximate surface area is 100 Å². The zero-order valence-corrected chi connectivity index (χ0v) is 10.1. The fraction of sp³-hybridized carbons (Fsp3) is 0.231. The molecule has 2 N–H and O–H groups in total. The maximum atomic E-state index is 6.12. The zero-order valence-electron chi connectivity index (χ0n) is 9.33. The molecule has 3 heteroatoms. The van der Waals surface area contributed by atoms with Crippen LogP contribution in [0.4, 0.5) is 0 Å². The van der Waals surface area contributed by atoms with E-state index in [1.54, 1.807) is 6.07 Å². The summed E-state index contributed by atoms with van der Waals surface area (Å²) in [6.07, 6.45) is 0. The first-order valence-electron chi connectivity index (χ1n) is 5.15. The van der Waals surface area contributed by atoms with Gasteiger partial charge < -0.3 is 10.2 Å². The van der Waals surface area contributed by atoms with Crippen LogP contribution in [0.5, 0.6) is 0 Å². The molecule has 0 saturated carbocycles. The molecule has 16 heavy (non-hydrogen) atoms. The molecule has 2 aromatic rings. The zero-order chi connectivity index (χ0) is 11.7. The minimum absolute atomic E-state index is 0.258. The second-order valence-corrected chi connectivity index (χ2v) is 4.41. The molecule has 0 aliphatic rings. The molecule has 0 aliphatic heterocycles. The Morgan fingerprint density at radius 1 is 1.12 bits per heavy atom. The van der Waals surface area contributed by atoms with Gasteiger partial charge in [-0.05, 0) is 43.1 Å². The fourth-order valence-electron chi connectivity index (χ4n) is 1.85. The molecule has 2 rings (SSSR count). The van der Waals surface area contributed by atoms with E-state index in [-0.39, 0.29) is 6.04 Å². The largest absolute Gasteiger partial charge is 0.448 e. The lowest BCUT2D eigenvalue weighted by Crippen LogP contribution is -2.11. The van der Waals surface area contributed by atoms with E-state index < -0.39 is 0 Å². The summed E-state index contributed by atoms with van der Waals surface area (Å²) < 4.78 is 5.32. The van der Waals surface area contributed by atoms with Gasteiger partial charge in [-0.2, -0.15) is 0 Å². The Morgan fingerprint density at radius 3 is 2.25 bits per heavy atom. The van der Waals surface area contributed by atoms with Gasteiger partial charge in [-0.25, -0.2) is 0 Å². The molecule has 2 nitrogen and oxygen atoms in total. The number of furan rings is 1. The molecule has 1 aromatic heterocycles. The average molecular weight is 236 g/mol. The predicted octanol–water partition coefficient (Wildman–Crippen LogP) is 3.60. The Hall–Kier alpha value is -1.25. The summed E-state index contributed by atoms with van der Waals surface area (Å²) in [5.41, 5.74) is 9.55. The van der Waals surface area contributed by atoms with Crippen LogP contribution >= 0.6 is 11.6 Å². The Balaban J connectivity index is 2.37. The van der Waals surface area contributed by atoms with Crippen molar-refractivity contribution in [3.63, 3.8) is 0 Å². The molecule has 0 saturated heterocycles. The molecule has 1 atom stereocenters. The number of aryl methyl sites for hydroxylation is 2. The minimum Gasteiger partial charge on any atom is -0.448 e. The Bertz CT molecular complexity index is 484. The second-order valence-electron chi connectivity index (χ2n) is 4.04. The monoisotopic (exact) mass is 235 g/mol. The lowest BCUT2D eigenvalue weighted by molar-refractivity contribution is 0.491. The molecule has 0 bridgehead atoms. The molecule has 1 unspecified atom stereocenters. The number of nitrogens with two attached hydrogens (primary N) is 1. The van der Waals surface area contributed by atoms with Gasteiger partial charge in [0.05, 0.1) is 6.04 Å². The highest BCUT2D eigenvalue weighted by molar-refractivity contribution is 6.28. The topological polar surface area (TPSA) is 39.2 Å². The van der Waals surface area contributed by atoms with Crippen molar-refractivity contribution >= 4 is 11.6 Å². The van der Waals surface area contributed by atoms with Crippen molar-refractivity contribution in [3.8, 4) is 0 Å². The quantitative estimate of drug-likeness (QED) is 0.864. The van der Waals surface area contributed by atoms with Gasteiger partial charge in [-0.1, -0.05) is 29.3 Å². The van der Waals surface area contributed by atoms with Crippen LogP contribution in [0, 0.1) is 13.8 Å². The SMILES string of the molecule is Cc1cc(C)cc(C(N)c2ccc(Cl)o2)c1. The molecule has 1 heterocycles. The van der Waals surface area contributed by atoms with Crippen molar-refractivity contribution in [1.82, 2.24) is 0 Å². The van der Waals surface area contributed by atoms with Gasteiger partial charge in [-0.3, -0.25) is 0 Å². The minimum atomic E-state index is -0.258. The summed E-state index contributed by atoms with van der Waals surface area (Å²) in [5.74, 6) is 0.690. The number of rotatable bonds is 2. The third kappa shape index (κ3) is 2.29. The first-order chi connectivity index (χ1) is 7.56. The van der Waals surface area contributed by atoms with E-state index in [0.29, 0.717) is 11.0 Å². The number of benzene rings is 1. The maximum absolute atomic E-state index is 6.12.